The lowest BCUT2D eigenvalue weighted by molar-refractivity contribution is -0.145. The van der Waals surface area contributed by atoms with Crippen molar-refractivity contribution in [3.05, 3.63) is 53.8 Å². The van der Waals surface area contributed by atoms with E-state index in [4.69, 9.17) is 9.47 Å². The number of fused-ring (bicyclic) bond motifs is 1. The van der Waals surface area contributed by atoms with Crippen molar-refractivity contribution in [1.82, 2.24) is 10.2 Å². The Kier molecular flexibility index (Phi) is 9.02. The molecule has 2 N–H and O–H groups in total. The number of allylic oxidation sites excluding steroid dienone is 3. The third-order valence-corrected chi connectivity index (χ3v) is 9.21. The number of carboxylic acids is 1. The zero-order valence-electron chi connectivity index (χ0n) is 24.1. The molecule has 0 radical (unpaired) electrons. The second-order valence-electron chi connectivity index (χ2n) is 13.3. The Morgan fingerprint density at radius 3 is 2.44 bits per heavy atom. The van der Waals surface area contributed by atoms with Crippen molar-refractivity contribution in [2.24, 2.45) is 23.7 Å². The van der Waals surface area contributed by atoms with Crippen molar-refractivity contribution in [3.63, 3.8) is 0 Å². The van der Waals surface area contributed by atoms with Crippen molar-refractivity contribution in [1.29, 1.82) is 0 Å². The second-order valence-corrected chi connectivity index (χ2v) is 13.3. The van der Waals surface area contributed by atoms with Crippen LogP contribution < -0.4 is 10.1 Å². The number of hydrogen-bond acceptors (Lipinski definition) is 5. The Balaban J connectivity index is 0.968. The molecule has 1 aromatic carbocycles. The van der Waals surface area contributed by atoms with Gasteiger partial charge in [-0.3, -0.25) is 0 Å². The minimum Gasteiger partial charge on any atom is -0.493 e. The van der Waals surface area contributed by atoms with Crippen LogP contribution in [0.3, 0.4) is 0 Å². The zero-order chi connectivity index (χ0) is 27.4. The number of piperidine rings is 1. The molecule has 3 aliphatic carbocycles. The average Bonchev–Trinajstić information content (AvgIpc) is 3.37. The van der Waals surface area contributed by atoms with Crippen LogP contribution in [0.25, 0.3) is 0 Å². The summed E-state index contributed by atoms with van der Waals surface area (Å²) in [6.07, 6.45) is 13.6. The van der Waals surface area contributed by atoms with E-state index >= 15 is 0 Å². The molecule has 4 aliphatic rings. The van der Waals surface area contributed by atoms with E-state index in [9.17, 15) is 9.90 Å². The summed E-state index contributed by atoms with van der Waals surface area (Å²) in [7, 11) is 0. The molecule has 6 nitrogen and oxygen atoms in total. The Morgan fingerprint density at radius 2 is 1.82 bits per heavy atom. The van der Waals surface area contributed by atoms with Gasteiger partial charge in [0.15, 0.2) is 6.10 Å². The summed E-state index contributed by atoms with van der Waals surface area (Å²) in [6, 6.07) is 8.44. The van der Waals surface area contributed by atoms with Gasteiger partial charge < -0.3 is 24.8 Å². The number of nitrogens with one attached hydrogen (secondary N) is 1. The Hall–Kier alpha value is -2.31. The van der Waals surface area contributed by atoms with Crippen LogP contribution in [-0.2, 0) is 14.9 Å². The summed E-state index contributed by atoms with van der Waals surface area (Å²) < 4.78 is 11.9. The van der Waals surface area contributed by atoms with Gasteiger partial charge in [0.05, 0.1) is 0 Å². The first-order valence-electron chi connectivity index (χ1n) is 15.2. The number of likely N-dealkylation sites (tertiary alicyclic amines) is 1. The first kappa shape index (κ1) is 28.2. The van der Waals surface area contributed by atoms with Gasteiger partial charge in [-0.25, -0.2) is 4.79 Å². The molecule has 0 spiro atoms. The fraction of sp³-hybridized carbons (Fsp3) is 0.667. The predicted molar refractivity (Wildman–Crippen MR) is 155 cm³/mol. The van der Waals surface area contributed by atoms with Crippen molar-refractivity contribution < 1.29 is 19.4 Å². The summed E-state index contributed by atoms with van der Waals surface area (Å²) in [5, 5.41) is 13.5. The molecule has 0 bridgehead atoms. The van der Waals surface area contributed by atoms with Crippen molar-refractivity contribution >= 4 is 5.97 Å². The summed E-state index contributed by atoms with van der Waals surface area (Å²) in [6.45, 7) is 11.9. The lowest BCUT2D eigenvalue weighted by Gasteiger charge is -2.28. The summed E-state index contributed by atoms with van der Waals surface area (Å²) in [5.41, 5.74) is 1.24. The third kappa shape index (κ3) is 7.67. The highest BCUT2D eigenvalue weighted by molar-refractivity contribution is 5.72. The molecule has 214 valence electrons. The summed E-state index contributed by atoms with van der Waals surface area (Å²) in [4.78, 5) is 14.6. The van der Waals surface area contributed by atoms with E-state index in [0.29, 0.717) is 24.8 Å². The SMILES string of the molecule is CC(C)(C)c1ccc(O[C@@H](CC2C=CC(OCCNC3C4CN(CC5CCCCC5)C[C@@H]43)=CC2)C(=O)O)cc1. The van der Waals surface area contributed by atoms with Gasteiger partial charge in [0.2, 0.25) is 0 Å². The van der Waals surface area contributed by atoms with Gasteiger partial charge in [0.1, 0.15) is 18.1 Å². The fourth-order valence-electron chi connectivity index (χ4n) is 6.79. The Labute approximate surface area is 234 Å². The standard InChI is InChI=1S/C33H48N2O4/c1-33(2,3)25-11-15-27(16-12-25)39-30(32(36)37)19-23-9-13-26(14-10-23)38-18-17-34-31-28-21-35(22-29(28)31)20-24-7-5-4-6-8-24/h9,11-16,23-24,28-31,34H,4-8,10,17-22H2,1-3H3,(H,36,37)/t23?,28-,29?,30-,31?/m0/s1. The van der Waals surface area contributed by atoms with Crippen LogP contribution in [0.5, 0.6) is 5.75 Å². The van der Waals surface area contributed by atoms with Gasteiger partial charge >= 0.3 is 5.97 Å². The van der Waals surface area contributed by atoms with Crippen LogP contribution in [0.15, 0.2) is 48.3 Å². The van der Waals surface area contributed by atoms with Crippen molar-refractivity contribution in [3.8, 4) is 5.75 Å². The number of rotatable bonds is 12. The Morgan fingerprint density at radius 1 is 1.10 bits per heavy atom. The average molecular weight is 537 g/mol. The number of nitrogens with zero attached hydrogens (tertiary/aromatic N) is 1. The van der Waals surface area contributed by atoms with Crippen LogP contribution in [0.2, 0.25) is 0 Å². The highest BCUT2D eigenvalue weighted by atomic mass is 16.5. The molecule has 1 aromatic rings. The molecular weight excluding hydrogens is 488 g/mol. The molecule has 5 rings (SSSR count). The minimum absolute atomic E-state index is 0.0481. The first-order chi connectivity index (χ1) is 18.8. The van der Waals surface area contributed by atoms with Crippen LogP contribution in [-0.4, -0.2) is 60.9 Å². The lowest BCUT2D eigenvalue weighted by atomic mass is 9.87. The van der Waals surface area contributed by atoms with E-state index < -0.39 is 12.1 Å². The maximum atomic E-state index is 11.9. The van der Waals surface area contributed by atoms with Crippen LogP contribution in [0.1, 0.15) is 71.3 Å². The molecule has 0 amide bonds. The van der Waals surface area contributed by atoms with Gasteiger partial charge in [-0.05, 0) is 78.2 Å². The number of ether oxygens (including phenoxy) is 2. The van der Waals surface area contributed by atoms with Crippen LogP contribution in [0.4, 0.5) is 0 Å². The normalized spacial score (nSPS) is 28.0. The highest BCUT2D eigenvalue weighted by Crippen LogP contribution is 2.46. The summed E-state index contributed by atoms with van der Waals surface area (Å²) in [5.74, 6) is 3.29. The number of carboxylic acid groups (broad SMARTS) is 1. The molecule has 3 fully saturated rings. The lowest BCUT2D eigenvalue weighted by Crippen LogP contribution is -2.35. The van der Waals surface area contributed by atoms with E-state index in [1.54, 1.807) is 0 Å². The molecule has 1 aliphatic heterocycles. The molecule has 2 saturated carbocycles. The smallest absolute Gasteiger partial charge is 0.344 e. The molecule has 39 heavy (non-hydrogen) atoms. The minimum atomic E-state index is -0.928. The van der Waals surface area contributed by atoms with E-state index in [-0.39, 0.29) is 11.3 Å². The highest BCUT2D eigenvalue weighted by Gasteiger charge is 2.55. The fourth-order valence-corrected chi connectivity index (χ4v) is 6.79. The number of aliphatic carboxylic acids is 1. The number of benzene rings is 1. The van der Waals surface area contributed by atoms with E-state index in [2.05, 4.69) is 43.1 Å². The maximum Gasteiger partial charge on any atom is 0.344 e. The maximum absolute atomic E-state index is 11.9. The molecule has 1 saturated heterocycles. The van der Waals surface area contributed by atoms with Gasteiger partial charge in [-0.1, -0.05) is 58.2 Å². The molecule has 6 heteroatoms. The zero-order valence-corrected chi connectivity index (χ0v) is 24.1. The van der Waals surface area contributed by atoms with Gasteiger partial charge in [-0.2, -0.15) is 0 Å². The van der Waals surface area contributed by atoms with Crippen molar-refractivity contribution in [2.45, 2.75) is 83.3 Å². The molecule has 5 atom stereocenters. The summed E-state index contributed by atoms with van der Waals surface area (Å²) >= 11 is 0. The number of carbonyl (C=O) groups is 1. The third-order valence-electron chi connectivity index (χ3n) is 9.21. The monoisotopic (exact) mass is 536 g/mol. The Bertz CT molecular complexity index is 1010. The van der Waals surface area contributed by atoms with E-state index in [1.165, 1.54) is 57.3 Å². The largest absolute Gasteiger partial charge is 0.493 e. The molecular formula is C33H48N2O4. The van der Waals surface area contributed by atoms with E-state index in [0.717, 1.165) is 36.5 Å². The van der Waals surface area contributed by atoms with Gasteiger partial charge in [0.25, 0.3) is 0 Å². The molecule has 0 aromatic heterocycles. The predicted octanol–water partition coefficient (Wildman–Crippen LogP) is 5.78. The van der Waals surface area contributed by atoms with Gasteiger partial charge in [0, 0.05) is 38.6 Å². The first-order valence-corrected chi connectivity index (χ1v) is 15.2. The topological polar surface area (TPSA) is 71.0 Å². The van der Waals surface area contributed by atoms with Crippen LogP contribution >= 0.6 is 0 Å². The van der Waals surface area contributed by atoms with E-state index in [1.807, 2.05) is 30.3 Å². The molecule has 1 heterocycles. The van der Waals surface area contributed by atoms with Crippen LogP contribution in [0, 0.1) is 23.7 Å². The molecule has 3 unspecified atom stereocenters. The van der Waals surface area contributed by atoms with Gasteiger partial charge in [-0.15, -0.1) is 0 Å². The number of hydrogen-bond donors (Lipinski definition) is 2. The second kappa shape index (κ2) is 12.5. The van der Waals surface area contributed by atoms with Crippen molar-refractivity contribution in [2.75, 3.05) is 32.8 Å². The quantitative estimate of drug-likeness (QED) is 0.330.